The van der Waals surface area contributed by atoms with Gasteiger partial charge in [-0.05, 0) is 43.4 Å². The first-order valence-electron chi connectivity index (χ1n) is 6.93. The first kappa shape index (κ1) is 14.8. The Bertz CT molecular complexity index is 425. The number of rotatable bonds is 5. The first-order valence-corrected chi connectivity index (χ1v) is 7.73. The van der Waals surface area contributed by atoms with Gasteiger partial charge in [-0.25, -0.2) is 0 Å². The summed E-state index contributed by atoms with van der Waals surface area (Å²) in [6.45, 7) is 2.90. The van der Waals surface area contributed by atoms with Crippen molar-refractivity contribution in [3.8, 4) is 5.75 Å². The van der Waals surface area contributed by atoms with Gasteiger partial charge in [0.1, 0.15) is 5.75 Å². The molecular formula is C15H23BrN2O. The number of ether oxygens (including phenoxy) is 1. The lowest BCUT2D eigenvalue weighted by atomic mass is 10.0. The van der Waals surface area contributed by atoms with Crippen LogP contribution >= 0.6 is 15.9 Å². The minimum atomic E-state index is 0.155. The number of hydrogen-bond acceptors (Lipinski definition) is 3. The summed E-state index contributed by atoms with van der Waals surface area (Å²) < 4.78 is 6.51. The second kappa shape index (κ2) is 6.73. The van der Waals surface area contributed by atoms with Gasteiger partial charge in [-0.2, -0.15) is 0 Å². The van der Waals surface area contributed by atoms with Gasteiger partial charge in [0.05, 0.1) is 7.11 Å². The molecule has 0 heterocycles. The number of nitrogens with one attached hydrogen (secondary N) is 1. The molecule has 0 amide bonds. The molecule has 1 fully saturated rings. The van der Waals surface area contributed by atoms with Crippen molar-refractivity contribution in [2.75, 3.05) is 13.7 Å². The molecule has 3 nitrogen and oxygen atoms in total. The summed E-state index contributed by atoms with van der Waals surface area (Å²) in [6, 6.07) is 6.81. The van der Waals surface area contributed by atoms with Gasteiger partial charge in [0.15, 0.2) is 0 Å². The van der Waals surface area contributed by atoms with E-state index in [2.05, 4.69) is 34.2 Å². The Balaban J connectivity index is 2.14. The van der Waals surface area contributed by atoms with Gasteiger partial charge >= 0.3 is 0 Å². The molecule has 0 aliphatic heterocycles. The van der Waals surface area contributed by atoms with E-state index in [-0.39, 0.29) is 6.04 Å². The van der Waals surface area contributed by atoms with E-state index in [1.165, 1.54) is 19.3 Å². The number of benzene rings is 1. The summed E-state index contributed by atoms with van der Waals surface area (Å²) >= 11 is 3.52. The molecule has 0 saturated heterocycles. The second-order valence-corrected chi connectivity index (χ2v) is 6.37. The van der Waals surface area contributed by atoms with Crippen molar-refractivity contribution >= 4 is 15.9 Å². The minimum Gasteiger partial charge on any atom is -0.496 e. The summed E-state index contributed by atoms with van der Waals surface area (Å²) in [5.41, 5.74) is 7.10. The summed E-state index contributed by atoms with van der Waals surface area (Å²) in [4.78, 5) is 0. The van der Waals surface area contributed by atoms with E-state index in [0.29, 0.717) is 12.6 Å². The van der Waals surface area contributed by atoms with Gasteiger partial charge in [0.25, 0.3) is 0 Å². The van der Waals surface area contributed by atoms with Crippen LogP contribution in [0.3, 0.4) is 0 Å². The van der Waals surface area contributed by atoms with Gasteiger partial charge in [-0.15, -0.1) is 0 Å². The molecule has 2 rings (SSSR count). The first-order chi connectivity index (χ1) is 9.13. The van der Waals surface area contributed by atoms with E-state index < -0.39 is 0 Å². The highest BCUT2D eigenvalue weighted by atomic mass is 79.9. The van der Waals surface area contributed by atoms with E-state index in [9.17, 15) is 0 Å². The SMILES string of the molecule is COc1ccc(Br)cc1C(CN)NC1CCC(C)C1. The van der Waals surface area contributed by atoms with E-state index >= 15 is 0 Å². The third kappa shape index (κ3) is 3.71. The fraction of sp³-hybridized carbons (Fsp3) is 0.600. The van der Waals surface area contributed by atoms with Crippen LogP contribution in [0.25, 0.3) is 0 Å². The monoisotopic (exact) mass is 326 g/mol. The lowest BCUT2D eigenvalue weighted by molar-refractivity contribution is 0.386. The zero-order valence-electron chi connectivity index (χ0n) is 11.7. The van der Waals surface area contributed by atoms with Crippen LogP contribution in [0.5, 0.6) is 5.75 Å². The summed E-state index contributed by atoms with van der Waals surface area (Å²) in [6.07, 6.45) is 3.80. The van der Waals surface area contributed by atoms with Crippen LogP contribution in [-0.2, 0) is 0 Å². The lowest BCUT2D eigenvalue weighted by Crippen LogP contribution is -2.35. The molecular weight excluding hydrogens is 304 g/mol. The van der Waals surface area contributed by atoms with Crippen molar-refractivity contribution < 1.29 is 4.74 Å². The smallest absolute Gasteiger partial charge is 0.123 e. The van der Waals surface area contributed by atoms with Crippen molar-refractivity contribution in [2.45, 2.75) is 38.3 Å². The second-order valence-electron chi connectivity index (χ2n) is 5.46. The van der Waals surface area contributed by atoms with Crippen LogP contribution in [0.15, 0.2) is 22.7 Å². The largest absolute Gasteiger partial charge is 0.496 e. The lowest BCUT2D eigenvalue weighted by Gasteiger charge is -2.24. The van der Waals surface area contributed by atoms with Crippen LogP contribution in [0.2, 0.25) is 0 Å². The molecule has 106 valence electrons. The van der Waals surface area contributed by atoms with Crippen molar-refractivity contribution in [2.24, 2.45) is 11.7 Å². The Labute approximate surface area is 124 Å². The normalized spacial score (nSPS) is 24.4. The quantitative estimate of drug-likeness (QED) is 0.873. The third-order valence-electron chi connectivity index (χ3n) is 3.93. The van der Waals surface area contributed by atoms with E-state index in [1.807, 2.05) is 12.1 Å². The summed E-state index contributed by atoms with van der Waals surface area (Å²) in [5.74, 6) is 1.72. The summed E-state index contributed by atoms with van der Waals surface area (Å²) in [5, 5.41) is 3.69. The van der Waals surface area contributed by atoms with Crippen LogP contribution in [0.4, 0.5) is 0 Å². The molecule has 0 bridgehead atoms. The van der Waals surface area contributed by atoms with Gasteiger partial charge in [-0.1, -0.05) is 22.9 Å². The zero-order chi connectivity index (χ0) is 13.8. The van der Waals surface area contributed by atoms with Crippen LogP contribution in [0.1, 0.15) is 37.8 Å². The molecule has 1 aliphatic rings. The molecule has 1 aliphatic carbocycles. The maximum Gasteiger partial charge on any atom is 0.123 e. The molecule has 0 radical (unpaired) electrons. The molecule has 1 aromatic carbocycles. The minimum absolute atomic E-state index is 0.155. The number of methoxy groups -OCH3 is 1. The molecule has 19 heavy (non-hydrogen) atoms. The third-order valence-corrected chi connectivity index (χ3v) is 4.43. The standard InChI is InChI=1S/C15H23BrN2O/c1-10-3-5-12(7-10)18-14(9-17)13-8-11(16)4-6-15(13)19-2/h4,6,8,10,12,14,18H,3,5,7,9,17H2,1-2H3. The molecule has 3 unspecified atom stereocenters. The average molecular weight is 327 g/mol. The maximum absolute atomic E-state index is 5.96. The van der Waals surface area contributed by atoms with Gasteiger partial charge in [-0.3, -0.25) is 0 Å². The predicted octanol–water partition coefficient (Wildman–Crippen LogP) is 3.24. The Morgan fingerprint density at radius 1 is 1.47 bits per heavy atom. The van der Waals surface area contributed by atoms with Crippen LogP contribution in [0, 0.1) is 5.92 Å². The van der Waals surface area contributed by atoms with Crippen molar-refractivity contribution in [3.63, 3.8) is 0 Å². The van der Waals surface area contributed by atoms with Crippen LogP contribution in [-0.4, -0.2) is 19.7 Å². The Kier molecular flexibility index (Phi) is 5.25. The zero-order valence-corrected chi connectivity index (χ0v) is 13.2. The molecule has 4 heteroatoms. The highest BCUT2D eigenvalue weighted by Gasteiger charge is 2.25. The Morgan fingerprint density at radius 3 is 2.84 bits per heavy atom. The Hall–Kier alpha value is -0.580. The van der Waals surface area contributed by atoms with Gasteiger partial charge in [0.2, 0.25) is 0 Å². The van der Waals surface area contributed by atoms with Gasteiger partial charge in [0, 0.05) is 28.7 Å². The van der Waals surface area contributed by atoms with Crippen molar-refractivity contribution in [1.29, 1.82) is 0 Å². The molecule has 3 N–H and O–H groups in total. The predicted molar refractivity (Wildman–Crippen MR) is 82.4 cm³/mol. The Morgan fingerprint density at radius 2 is 2.26 bits per heavy atom. The molecule has 1 saturated carbocycles. The number of hydrogen-bond donors (Lipinski definition) is 2. The van der Waals surface area contributed by atoms with Crippen molar-refractivity contribution in [1.82, 2.24) is 5.32 Å². The molecule has 1 aromatic rings. The number of halogens is 1. The van der Waals surface area contributed by atoms with Gasteiger partial charge < -0.3 is 15.8 Å². The highest BCUT2D eigenvalue weighted by molar-refractivity contribution is 9.10. The van der Waals surface area contributed by atoms with E-state index in [0.717, 1.165) is 21.7 Å². The molecule has 0 aromatic heterocycles. The number of nitrogens with two attached hydrogens (primary N) is 1. The topological polar surface area (TPSA) is 47.3 Å². The van der Waals surface area contributed by atoms with E-state index in [1.54, 1.807) is 7.11 Å². The molecule has 0 spiro atoms. The average Bonchev–Trinajstić information content (AvgIpc) is 2.81. The van der Waals surface area contributed by atoms with E-state index in [4.69, 9.17) is 10.5 Å². The van der Waals surface area contributed by atoms with Crippen molar-refractivity contribution in [3.05, 3.63) is 28.2 Å². The summed E-state index contributed by atoms with van der Waals surface area (Å²) in [7, 11) is 1.71. The molecule has 3 atom stereocenters. The van der Waals surface area contributed by atoms with Crippen LogP contribution < -0.4 is 15.8 Å². The maximum atomic E-state index is 5.96. The fourth-order valence-corrected chi connectivity index (χ4v) is 3.28. The fourth-order valence-electron chi connectivity index (χ4n) is 2.91. The highest BCUT2D eigenvalue weighted by Crippen LogP contribution is 2.31.